The summed E-state index contributed by atoms with van der Waals surface area (Å²) < 4.78 is 23.8. The number of hydrogen-bond donors (Lipinski definition) is 5. The third kappa shape index (κ3) is 6.33. The van der Waals surface area contributed by atoms with E-state index >= 15 is 0 Å². The summed E-state index contributed by atoms with van der Waals surface area (Å²) in [6, 6.07) is 19.9. The van der Waals surface area contributed by atoms with Crippen LogP contribution in [0.2, 0.25) is 0 Å². The minimum Gasteiger partial charge on any atom is -0.384 e. The number of sulfonamides is 1. The van der Waals surface area contributed by atoms with Crippen molar-refractivity contribution in [3.8, 4) is 11.1 Å². The van der Waals surface area contributed by atoms with Gasteiger partial charge in [0, 0.05) is 23.4 Å². The van der Waals surface area contributed by atoms with E-state index in [1.54, 1.807) is 66.7 Å². The van der Waals surface area contributed by atoms with Gasteiger partial charge in [-0.25, -0.2) is 23.4 Å². The maximum atomic E-state index is 13.0. The number of urea groups is 1. The summed E-state index contributed by atoms with van der Waals surface area (Å²) in [7, 11) is -3.88. The first-order valence-corrected chi connectivity index (χ1v) is 12.1. The lowest BCUT2D eigenvalue weighted by Gasteiger charge is -2.26. The molecule has 0 radical (unpaired) electrons. The Hall–Kier alpha value is -3.89. The smallest absolute Gasteiger partial charge is 0.340 e. The molecule has 9 nitrogen and oxygen atoms in total. The number of anilines is 2. The predicted molar refractivity (Wildman–Crippen MR) is 135 cm³/mol. The maximum absolute atomic E-state index is 13.0. The zero-order valence-electron chi connectivity index (χ0n) is 18.9. The largest absolute Gasteiger partial charge is 0.384 e. The lowest BCUT2D eigenvalue weighted by atomic mass is 10.1. The topological polar surface area (TPSA) is 154 Å². The third-order valence-electron chi connectivity index (χ3n) is 4.87. The molecule has 0 aromatic heterocycles. The molecule has 0 saturated carbocycles. The van der Waals surface area contributed by atoms with Crippen LogP contribution in [-0.4, -0.2) is 31.8 Å². The van der Waals surface area contributed by atoms with Gasteiger partial charge in [-0.3, -0.25) is 10.8 Å². The number of primary sulfonamides is 1. The van der Waals surface area contributed by atoms with Gasteiger partial charge in [-0.2, -0.15) is 0 Å². The van der Waals surface area contributed by atoms with Crippen molar-refractivity contribution in [3.05, 3.63) is 78.4 Å². The molecule has 2 amide bonds. The van der Waals surface area contributed by atoms with E-state index in [-0.39, 0.29) is 22.7 Å². The number of hydrogen-bond acceptors (Lipinski definition) is 5. The van der Waals surface area contributed by atoms with Gasteiger partial charge in [-0.1, -0.05) is 56.3 Å². The number of amidine groups is 1. The molecule has 178 valence electrons. The molecular weight excluding hydrogens is 452 g/mol. The molecule has 0 atom stereocenters. The second-order valence-corrected chi connectivity index (χ2v) is 9.69. The molecule has 0 fully saturated rings. The Kier molecular flexibility index (Phi) is 7.54. The highest BCUT2D eigenvalue weighted by Crippen LogP contribution is 2.27. The number of amides is 2. The SMILES string of the molecule is CC(C)CN(Nc1cccc(C(=N)N)c1)C(=O)Nc1ccc(-c2ccccc2S(N)(=O)=O)cc1. The molecule has 0 spiro atoms. The Bertz CT molecular complexity index is 1290. The van der Waals surface area contributed by atoms with Crippen molar-refractivity contribution in [2.24, 2.45) is 16.8 Å². The van der Waals surface area contributed by atoms with Crippen LogP contribution in [0.15, 0.2) is 77.7 Å². The Morgan fingerprint density at radius 3 is 2.29 bits per heavy atom. The van der Waals surface area contributed by atoms with E-state index in [4.69, 9.17) is 16.3 Å². The van der Waals surface area contributed by atoms with Gasteiger partial charge < -0.3 is 11.1 Å². The van der Waals surface area contributed by atoms with Gasteiger partial charge in [-0.05, 0) is 41.8 Å². The molecule has 0 aliphatic heterocycles. The zero-order chi connectivity index (χ0) is 24.9. The van der Waals surface area contributed by atoms with Gasteiger partial charge in [0.15, 0.2) is 0 Å². The van der Waals surface area contributed by atoms with E-state index in [1.165, 1.54) is 11.1 Å². The minimum absolute atomic E-state index is 0.0342. The van der Waals surface area contributed by atoms with Crippen LogP contribution in [0.1, 0.15) is 19.4 Å². The van der Waals surface area contributed by atoms with Crippen LogP contribution < -0.4 is 21.6 Å². The molecule has 3 aromatic rings. The lowest BCUT2D eigenvalue weighted by Crippen LogP contribution is -2.41. The highest BCUT2D eigenvalue weighted by molar-refractivity contribution is 7.89. The highest BCUT2D eigenvalue weighted by Gasteiger charge is 2.17. The second kappa shape index (κ2) is 10.4. The summed E-state index contributed by atoms with van der Waals surface area (Å²) in [5.74, 6) is 0.124. The molecule has 0 bridgehead atoms. The molecule has 3 aromatic carbocycles. The fourth-order valence-corrected chi connectivity index (χ4v) is 4.09. The van der Waals surface area contributed by atoms with Crippen molar-refractivity contribution in [1.29, 1.82) is 5.41 Å². The van der Waals surface area contributed by atoms with Crippen LogP contribution in [0.5, 0.6) is 0 Å². The summed E-state index contributed by atoms with van der Waals surface area (Å²) in [4.78, 5) is 13.0. The summed E-state index contributed by atoms with van der Waals surface area (Å²) in [5.41, 5.74) is 11.5. The molecule has 0 aliphatic rings. The lowest BCUT2D eigenvalue weighted by molar-refractivity contribution is 0.216. The summed E-state index contributed by atoms with van der Waals surface area (Å²) >= 11 is 0. The average Bonchev–Trinajstić information content (AvgIpc) is 2.78. The van der Waals surface area contributed by atoms with E-state index in [0.29, 0.717) is 34.6 Å². The third-order valence-corrected chi connectivity index (χ3v) is 5.84. The fraction of sp³-hybridized carbons (Fsp3) is 0.167. The number of nitrogens with zero attached hydrogens (tertiary/aromatic N) is 1. The van der Waals surface area contributed by atoms with E-state index in [9.17, 15) is 13.2 Å². The minimum atomic E-state index is -3.88. The number of carbonyl (C=O) groups excluding carboxylic acids is 1. The van der Waals surface area contributed by atoms with E-state index in [1.807, 2.05) is 13.8 Å². The van der Waals surface area contributed by atoms with Crippen LogP contribution >= 0.6 is 0 Å². The van der Waals surface area contributed by atoms with Crippen LogP contribution in [0.25, 0.3) is 11.1 Å². The van der Waals surface area contributed by atoms with Crippen LogP contribution in [0, 0.1) is 11.3 Å². The van der Waals surface area contributed by atoms with Crippen molar-refractivity contribution < 1.29 is 13.2 Å². The molecule has 0 heterocycles. The fourth-order valence-electron chi connectivity index (χ4n) is 3.33. The monoisotopic (exact) mass is 480 g/mol. The zero-order valence-corrected chi connectivity index (χ0v) is 19.8. The number of rotatable bonds is 8. The van der Waals surface area contributed by atoms with Crippen molar-refractivity contribution in [1.82, 2.24) is 5.01 Å². The standard InChI is InChI=1S/C24H28N6O3S/c1-16(2)15-30(29-20-7-5-6-18(14-20)23(25)26)24(31)28-19-12-10-17(11-13-19)21-8-3-4-9-22(21)34(27,32)33/h3-14,16,29H,15H2,1-2H3,(H3,25,26)(H,28,31)(H2,27,32,33). The van der Waals surface area contributed by atoms with E-state index < -0.39 is 10.0 Å². The van der Waals surface area contributed by atoms with Crippen molar-refractivity contribution >= 4 is 33.3 Å². The van der Waals surface area contributed by atoms with Crippen LogP contribution in [-0.2, 0) is 10.0 Å². The molecule has 7 N–H and O–H groups in total. The first-order valence-electron chi connectivity index (χ1n) is 10.6. The molecule has 10 heteroatoms. The number of carbonyl (C=O) groups is 1. The first-order chi connectivity index (χ1) is 16.0. The number of nitrogens with two attached hydrogens (primary N) is 2. The average molecular weight is 481 g/mol. The normalized spacial score (nSPS) is 11.2. The number of hydrazine groups is 1. The maximum Gasteiger partial charge on any atom is 0.340 e. The van der Waals surface area contributed by atoms with Crippen molar-refractivity contribution in [2.75, 3.05) is 17.3 Å². The Morgan fingerprint density at radius 1 is 1.00 bits per heavy atom. The molecular formula is C24H28N6O3S. The van der Waals surface area contributed by atoms with Gasteiger partial charge in [0.05, 0.1) is 10.6 Å². The van der Waals surface area contributed by atoms with E-state index in [2.05, 4.69) is 10.7 Å². The summed E-state index contributed by atoms with van der Waals surface area (Å²) in [6.45, 7) is 4.41. The molecule has 0 saturated heterocycles. The van der Waals surface area contributed by atoms with Crippen LogP contribution in [0.4, 0.5) is 16.2 Å². The summed E-state index contributed by atoms with van der Waals surface area (Å²) in [6.07, 6.45) is 0. The second-order valence-electron chi connectivity index (χ2n) is 8.16. The quantitative estimate of drug-likeness (QED) is 0.188. The molecule has 34 heavy (non-hydrogen) atoms. The van der Waals surface area contributed by atoms with Gasteiger partial charge in [0.25, 0.3) is 0 Å². The highest BCUT2D eigenvalue weighted by atomic mass is 32.2. The van der Waals surface area contributed by atoms with Gasteiger partial charge in [0.2, 0.25) is 10.0 Å². The van der Waals surface area contributed by atoms with Gasteiger partial charge >= 0.3 is 6.03 Å². The summed E-state index contributed by atoms with van der Waals surface area (Å²) in [5, 5.41) is 17.2. The Balaban J connectivity index is 1.79. The van der Waals surface area contributed by atoms with Gasteiger partial charge in [0.1, 0.15) is 5.84 Å². The van der Waals surface area contributed by atoms with Crippen molar-refractivity contribution in [3.63, 3.8) is 0 Å². The first kappa shape index (κ1) is 24.7. The molecule has 3 rings (SSSR count). The van der Waals surface area contributed by atoms with E-state index in [0.717, 1.165) is 0 Å². The van der Waals surface area contributed by atoms with Crippen LogP contribution in [0.3, 0.4) is 0 Å². The molecule has 0 aliphatic carbocycles. The molecule has 0 unspecified atom stereocenters. The Morgan fingerprint density at radius 2 is 1.68 bits per heavy atom. The van der Waals surface area contributed by atoms with Gasteiger partial charge in [-0.15, -0.1) is 0 Å². The predicted octanol–water partition coefficient (Wildman–Crippen LogP) is 3.80. The number of nitrogen functional groups attached to an aromatic ring is 1. The Labute approximate surface area is 199 Å². The van der Waals surface area contributed by atoms with Crippen molar-refractivity contribution in [2.45, 2.75) is 18.7 Å². The number of benzene rings is 3. The number of nitrogens with one attached hydrogen (secondary N) is 3.